The van der Waals surface area contributed by atoms with E-state index in [1.165, 1.54) is 5.56 Å². The van der Waals surface area contributed by atoms with Gasteiger partial charge in [-0.3, -0.25) is 4.79 Å². The molecule has 0 bridgehead atoms. The zero-order valence-corrected chi connectivity index (χ0v) is 13.6. The molecule has 1 rings (SSSR count). The first-order valence-electron chi connectivity index (χ1n) is 5.89. The molecule has 0 aliphatic carbocycles. The van der Waals surface area contributed by atoms with Crippen molar-refractivity contribution >= 4 is 34.3 Å². The Morgan fingerprint density at radius 2 is 2.17 bits per heavy atom. The summed E-state index contributed by atoms with van der Waals surface area (Å²) in [5.41, 5.74) is 1.97. The normalized spacial score (nSPS) is 11.2. The van der Waals surface area contributed by atoms with Crippen LogP contribution in [0.1, 0.15) is 29.3 Å². The number of Topliss-reactive ketones (excluding diaryl/α,β-unsaturated/α-hetero) is 1. The first-order chi connectivity index (χ1) is 8.74. The smallest absolute Gasteiger partial charge is 0.159 e. The predicted octanol–water partition coefficient (Wildman–Crippen LogP) is 3.80. The van der Waals surface area contributed by atoms with Crippen molar-refractivity contribution in [2.45, 2.75) is 19.8 Å². The molecule has 1 atom stereocenters. The number of hydrogen-bond donors (Lipinski definition) is 0. The third kappa shape index (κ3) is 6.78. The summed E-state index contributed by atoms with van der Waals surface area (Å²) < 4.78 is 10.6. The summed E-state index contributed by atoms with van der Waals surface area (Å²) in [5, 5.41) is 0. The highest BCUT2D eigenvalue weighted by molar-refractivity contribution is 14.2. The first kappa shape index (κ1) is 16.0. The van der Waals surface area contributed by atoms with Gasteiger partial charge in [-0.1, -0.05) is 18.2 Å². The van der Waals surface area contributed by atoms with Crippen LogP contribution in [0, 0.1) is 0 Å². The summed E-state index contributed by atoms with van der Waals surface area (Å²) in [6.45, 7) is 4.15. The van der Waals surface area contributed by atoms with E-state index in [-0.39, 0.29) is 5.78 Å². The maximum Gasteiger partial charge on any atom is 0.159 e. The van der Waals surface area contributed by atoms with Gasteiger partial charge in [0.15, 0.2) is 5.78 Å². The van der Waals surface area contributed by atoms with Gasteiger partial charge in [-0.25, -0.2) is 0 Å². The van der Waals surface area contributed by atoms with Crippen molar-refractivity contribution in [1.29, 1.82) is 0 Å². The molecule has 1 aromatic carbocycles. The lowest BCUT2D eigenvalue weighted by Gasteiger charge is -2.05. The van der Waals surface area contributed by atoms with Gasteiger partial charge in [0.1, 0.15) is 0 Å². The van der Waals surface area contributed by atoms with Crippen LogP contribution in [0.2, 0.25) is 0 Å². The Bertz CT molecular complexity index is 371. The first-order valence-corrected chi connectivity index (χ1v) is 9.91. The monoisotopic (exact) mass is 380 g/mol. The fourth-order valence-corrected chi connectivity index (χ4v) is 2.39. The average Bonchev–Trinajstić information content (AvgIpc) is 2.38. The van der Waals surface area contributed by atoms with E-state index in [2.05, 4.69) is 22.0 Å². The summed E-state index contributed by atoms with van der Waals surface area (Å²) in [7, 11) is 0. The maximum atomic E-state index is 11.2. The van der Waals surface area contributed by atoms with E-state index < -0.39 is 0 Å². The van der Waals surface area contributed by atoms with E-state index in [4.69, 9.17) is 9.26 Å². The zero-order chi connectivity index (χ0) is 13.2. The Labute approximate surface area is 123 Å². The van der Waals surface area contributed by atoms with E-state index in [9.17, 15) is 4.79 Å². The van der Waals surface area contributed by atoms with Gasteiger partial charge in [-0.15, -0.1) is 0 Å². The molecule has 0 aliphatic rings. The maximum absolute atomic E-state index is 11.2. The number of hydrogen-bond acceptors (Lipinski definition) is 3. The second-order valence-electron chi connectivity index (χ2n) is 3.90. The lowest BCUT2D eigenvalue weighted by Crippen LogP contribution is -2.03. The van der Waals surface area contributed by atoms with Gasteiger partial charge in [-0.05, 0) is 53.4 Å². The molecule has 0 fully saturated rings. The standard InChI is InChI=1S/C13H18IO3P/c1-11(15)13-6-2-4-12(10-13)5-3-7-16-8-9-17-18-14/h2,4,6,10,18H,3,5,7-9H2,1H3. The van der Waals surface area contributed by atoms with Crippen LogP contribution in [-0.2, 0) is 15.7 Å². The molecule has 18 heavy (non-hydrogen) atoms. The minimum Gasteiger partial charge on any atom is -0.379 e. The van der Waals surface area contributed by atoms with Crippen LogP contribution in [0.5, 0.6) is 0 Å². The molecule has 0 amide bonds. The molecule has 0 spiro atoms. The van der Waals surface area contributed by atoms with Crippen molar-refractivity contribution in [3.05, 3.63) is 35.4 Å². The van der Waals surface area contributed by atoms with Gasteiger partial charge < -0.3 is 9.26 Å². The number of ether oxygens (including phenoxy) is 1. The molecular weight excluding hydrogens is 362 g/mol. The van der Waals surface area contributed by atoms with Gasteiger partial charge in [0.2, 0.25) is 0 Å². The van der Waals surface area contributed by atoms with Crippen molar-refractivity contribution in [3.8, 4) is 0 Å². The van der Waals surface area contributed by atoms with Crippen LogP contribution < -0.4 is 0 Å². The highest BCUT2D eigenvalue weighted by Crippen LogP contribution is 2.20. The van der Waals surface area contributed by atoms with Crippen molar-refractivity contribution in [1.82, 2.24) is 0 Å². The lowest BCUT2D eigenvalue weighted by atomic mass is 10.0. The molecule has 0 saturated carbocycles. The Morgan fingerprint density at radius 1 is 1.33 bits per heavy atom. The molecule has 1 aromatic rings. The highest BCUT2D eigenvalue weighted by atomic mass is 127. The molecule has 0 N–H and O–H groups in total. The molecule has 0 radical (unpaired) electrons. The number of halogens is 1. The van der Waals surface area contributed by atoms with Crippen LogP contribution in [0.4, 0.5) is 0 Å². The number of aryl methyl sites for hydroxylation is 1. The van der Waals surface area contributed by atoms with Crippen LogP contribution >= 0.6 is 28.5 Å². The topological polar surface area (TPSA) is 35.5 Å². The molecule has 0 aliphatic heterocycles. The SMILES string of the molecule is CC(=O)c1cccc(CCCOCCOPI)c1. The van der Waals surface area contributed by atoms with Gasteiger partial charge >= 0.3 is 0 Å². The van der Waals surface area contributed by atoms with Crippen molar-refractivity contribution in [2.24, 2.45) is 0 Å². The number of ketones is 1. The van der Waals surface area contributed by atoms with E-state index in [1.807, 2.05) is 24.3 Å². The van der Waals surface area contributed by atoms with Crippen LogP contribution in [0.15, 0.2) is 24.3 Å². The van der Waals surface area contributed by atoms with E-state index in [0.717, 1.165) is 25.0 Å². The third-order valence-corrected chi connectivity index (χ3v) is 3.72. The van der Waals surface area contributed by atoms with Crippen LogP contribution in [0.25, 0.3) is 0 Å². The van der Waals surface area contributed by atoms with Crippen molar-refractivity contribution in [2.75, 3.05) is 19.8 Å². The summed E-state index contributed by atoms with van der Waals surface area (Å²) in [5.74, 6) is 0.116. The van der Waals surface area contributed by atoms with Gasteiger partial charge in [0, 0.05) is 12.2 Å². The second kappa shape index (κ2) is 9.84. The van der Waals surface area contributed by atoms with Gasteiger partial charge in [-0.2, -0.15) is 0 Å². The average molecular weight is 380 g/mol. The summed E-state index contributed by atoms with van der Waals surface area (Å²) in [6, 6.07) is 7.79. The largest absolute Gasteiger partial charge is 0.379 e. The molecular formula is C13H18IO3P. The van der Waals surface area contributed by atoms with E-state index in [1.54, 1.807) is 6.92 Å². The molecule has 100 valence electrons. The Balaban J connectivity index is 2.19. The van der Waals surface area contributed by atoms with E-state index in [0.29, 0.717) is 19.7 Å². The highest BCUT2D eigenvalue weighted by Gasteiger charge is 2.00. The van der Waals surface area contributed by atoms with Crippen molar-refractivity contribution < 1.29 is 14.1 Å². The minimum atomic E-state index is 0.116. The third-order valence-electron chi connectivity index (χ3n) is 2.47. The number of carbonyl (C=O) groups is 1. The summed E-state index contributed by atoms with van der Waals surface area (Å²) in [4.78, 5) is 11.2. The molecule has 5 heteroatoms. The van der Waals surface area contributed by atoms with Crippen LogP contribution in [0.3, 0.4) is 0 Å². The zero-order valence-electron chi connectivity index (χ0n) is 10.4. The minimum absolute atomic E-state index is 0.116. The van der Waals surface area contributed by atoms with Crippen molar-refractivity contribution in [3.63, 3.8) is 0 Å². The van der Waals surface area contributed by atoms with Crippen LogP contribution in [-0.4, -0.2) is 25.6 Å². The molecule has 1 unspecified atom stereocenters. The fraction of sp³-hybridized carbons (Fsp3) is 0.462. The Morgan fingerprint density at radius 3 is 2.89 bits per heavy atom. The number of benzene rings is 1. The Hall–Kier alpha value is -0.0300. The van der Waals surface area contributed by atoms with Gasteiger partial charge in [0.05, 0.1) is 19.7 Å². The molecule has 0 saturated heterocycles. The van der Waals surface area contributed by atoms with Gasteiger partial charge in [0.25, 0.3) is 0 Å². The number of carbonyl (C=O) groups excluding carboxylic acids is 1. The Kier molecular flexibility index (Phi) is 8.76. The second-order valence-corrected chi connectivity index (χ2v) is 5.66. The fourth-order valence-electron chi connectivity index (χ4n) is 1.57. The number of rotatable bonds is 9. The molecule has 0 heterocycles. The lowest BCUT2D eigenvalue weighted by molar-refractivity contribution is 0.101. The quantitative estimate of drug-likeness (QED) is 0.283. The molecule has 3 nitrogen and oxygen atoms in total. The predicted molar refractivity (Wildman–Crippen MR) is 83.9 cm³/mol. The van der Waals surface area contributed by atoms with E-state index >= 15 is 0 Å². The summed E-state index contributed by atoms with van der Waals surface area (Å²) in [6.07, 6.45) is 1.91. The molecule has 0 aromatic heterocycles. The summed E-state index contributed by atoms with van der Waals surface area (Å²) >= 11 is 2.19.